The molecule has 3 rings (SSSR count). The highest BCUT2D eigenvalue weighted by Crippen LogP contribution is 2.41. The van der Waals surface area contributed by atoms with Crippen LogP contribution in [0.25, 0.3) is 0 Å². The molecule has 1 aliphatic carbocycles. The lowest BCUT2D eigenvalue weighted by molar-refractivity contribution is -0.197. The van der Waals surface area contributed by atoms with Crippen LogP contribution >= 0.6 is 0 Å². The Morgan fingerprint density at radius 3 is 2.71 bits per heavy atom. The number of alkyl halides is 4. The van der Waals surface area contributed by atoms with Gasteiger partial charge in [0.1, 0.15) is 11.9 Å². The Bertz CT molecular complexity index is 865. The van der Waals surface area contributed by atoms with Crippen molar-refractivity contribution in [2.45, 2.75) is 56.8 Å². The van der Waals surface area contributed by atoms with Crippen molar-refractivity contribution in [3.05, 3.63) is 42.0 Å². The average molecular weight is 488 g/mol. The first-order valence-electron chi connectivity index (χ1n) is 11.2. The van der Waals surface area contributed by atoms with Crippen molar-refractivity contribution in [1.82, 2.24) is 0 Å². The molecule has 1 heterocycles. The maximum Gasteiger partial charge on any atom is 0.416 e. The number of esters is 1. The summed E-state index contributed by atoms with van der Waals surface area (Å²) in [6.45, 7) is 0.0425. The zero-order valence-corrected chi connectivity index (χ0v) is 18.8. The van der Waals surface area contributed by atoms with Crippen molar-refractivity contribution in [3.8, 4) is 5.75 Å². The Hall–Kier alpha value is -2.46. The van der Waals surface area contributed by atoms with E-state index in [1.54, 1.807) is 0 Å². The highest BCUT2D eigenvalue weighted by atomic mass is 19.4. The van der Waals surface area contributed by atoms with Gasteiger partial charge in [-0.05, 0) is 43.5 Å². The van der Waals surface area contributed by atoms with Gasteiger partial charge in [-0.25, -0.2) is 4.39 Å². The van der Waals surface area contributed by atoms with Crippen LogP contribution in [0.4, 0.5) is 17.6 Å². The zero-order chi connectivity index (χ0) is 24.7. The Labute approximate surface area is 195 Å². The summed E-state index contributed by atoms with van der Waals surface area (Å²) >= 11 is 0. The van der Waals surface area contributed by atoms with Crippen LogP contribution in [0.2, 0.25) is 0 Å². The molecular formula is C24H28F4O6. The molecule has 1 aromatic rings. The van der Waals surface area contributed by atoms with E-state index in [0.717, 1.165) is 31.1 Å². The van der Waals surface area contributed by atoms with Gasteiger partial charge in [0.15, 0.2) is 18.7 Å². The Morgan fingerprint density at radius 2 is 2.03 bits per heavy atom. The van der Waals surface area contributed by atoms with E-state index in [4.69, 9.17) is 18.9 Å². The summed E-state index contributed by atoms with van der Waals surface area (Å²) in [7, 11) is 1.24. The molecule has 1 saturated heterocycles. The average Bonchev–Trinajstić information content (AvgIpc) is 3.09. The number of benzene rings is 1. The normalized spacial score (nSPS) is 27.6. The molecule has 0 aromatic heterocycles. The Morgan fingerprint density at radius 1 is 1.24 bits per heavy atom. The van der Waals surface area contributed by atoms with Crippen molar-refractivity contribution in [1.29, 1.82) is 0 Å². The van der Waals surface area contributed by atoms with Crippen molar-refractivity contribution >= 4 is 11.8 Å². The molecular weight excluding hydrogens is 460 g/mol. The summed E-state index contributed by atoms with van der Waals surface area (Å²) in [6.07, 6.45) is -1.90. The molecule has 1 unspecified atom stereocenters. The third kappa shape index (κ3) is 7.27. The van der Waals surface area contributed by atoms with Crippen LogP contribution in [-0.4, -0.2) is 50.6 Å². The summed E-state index contributed by atoms with van der Waals surface area (Å²) in [6, 6.07) is 4.18. The summed E-state index contributed by atoms with van der Waals surface area (Å²) < 4.78 is 74.7. The molecule has 1 saturated carbocycles. The minimum atomic E-state index is -4.53. The fourth-order valence-corrected chi connectivity index (χ4v) is 4.23. The van der Waals surface area contributed by atoms with Gasteiger partial charge in [-0.3, -0.25) is 9.59 Å². The number of hydrogen-bond donors (Lipinski definition) is 0. The van der Waals surface area contributed by atoms with Crippen molar-refractivity contribution < 1.29 is 46.1 Å². The zero-order valence-electron chi connectivity index (χ0n) is 18.8. The molecule has 0 radical (unpaired) electrons. The van der Waals surface area contributed by atoms with Crippen molar-refractivity contribution in [2.75, 3.05) is 20.3 Å². The summed E-state index contributed by atoms with van der Waals surface area (Å²) in [4.78, 5) is 24.2. The molecule has 0 spiro atoms. The first-order valence-corrected chi connectivity index (χ1v) is 11.2. The fraction of sp³-hybridized carbons (Fsp3) is 0.583. The molecule has 1 aromatic carbocycles. The number of rotatable bonds is 9. The van der Waals surface area contributed by atoms with Crippen molar-refractivity contribution in [2.24, 2.45) is 11.8 Å². The predicted octanol–water partition coefficient (Wildman–Crippen LogP) is 4.66. The predicted molar refractivity (Wildman–Crippen MR) is 113 cm³/mol. The number of allylic oxidation sites excluding steroid dienone is 1. The Kier molecular flexibility index (Phi) is 9.07. The third-order valence-corrected chi connectivity index (χ3v) is 5.99. The molecule has 1 aliphatic heterocycles. The standard InChI is InChI=1S/C24H28F4O6/c1-31-22(30)12-19-18(20(25)13-21(19)34-23-7-2-3-10-32-23)9-8-16(29)14-33-17-6-4-5-15(11-17)24(26,27)28/h4-6,8-9,11,18-21,23H,2-3,7,10,12-14H2,1H3/b9-8+/t18-,19-,20+,21+,23?/m1/s1. The summed E-state index contributed by atoms with van der Waals surface area (Å²) in [5.41, 5.74) is -0.891. The van der Waals surface area contributed by atoms with Gasteiger partial charge in [-0.2, -0.15) is 13.2 Å². The van der Waals surface area contributed by atoms with Crippen LogP contribution in [0.1, 0.15) is 37.7 Å². The lowest BCUT2D eigenvalue weighted by Crippen LogP contribution is -2.32. The second kappa shape index (κ2) is 11.8. The molecule has 5 atom stereocenters. The second-order valence-electron chi connectivity index (χ2n) is 8.38. The molecule has 10 heteroatoms. The largest absolute Gasteiger partial charge is 0.485 e. The second-order valence-corrected chi connectivity index (χ2v) is 8.38. The van der Waals surface area contributed by atoms with E-state index in [-0.39, 0.29) is 18.6 Å². The number of ketones is 1. The highest BCUT2D eigenvalue weighted by Gasteiger charge is 2.45. The van der Waals surface area contributed by atoms with E-state index in [9.17, 15) is 27.2 Å². The molecule has 2 aliphatic rings. The minimum absolute atomic E-state index is 0.0471. The van der Waals surface area contributed by atoms with Gasteiger partial charge in [0.2, 0.25) is 0 Å². The molecule has 0 N–H and O–H groups in total. The SMILES string of the molecule is COC(=O)C[C@@H]1[C@@H](/C=C/C(=O)COc2cccc(C(F)(F)F)c2)[C@@H](F)C[C@@H]1OC1CCCCO1. The molecule has 2 fully saturated rings. The molecule has 0 amide bonds. The van der Waals surface area contributed by atoms with E-state index in [1.807, 2.05) is 0 Å². The van der Waals surface area contributed by atoms with Crippen molar-refractivity contribution in [3.63, 3.8) is 0 Å². The molecule has 34 heavy (non-hydrogen) atoms. The van der Waals surface area contributed by atoms with Gasteiger partial charge >= 0.3 is 12.1 Å². The van der Waals surface area contributed by atoms with Crippen LogP contribution in [0, 0.1) is 11.8 Å². The monoisotopic (exact) mass is 488 g/mol. The van der Waals surface area contributed by atoms with Gasteiger partial charge in [0.05, 0.1) is 25.2 Å². The molecule has 188 valence electrons. The van der Waals surface area contributed by atoms with E-state index in [0.29, 0.717) is 13.0 Å². The fourth-order valence-electron chi connectivity index (χ4n) is 4.23. The first-order chi connectivity index (χ1) is 16.2. The van der Waals surface area contributed by atoms with Crippen LogP contribution < -0.4 is 4.74 Å². The lowest BCUT2D eigenvalue weighted by Gasteiger charge is -2.29. The maximum atomic E-state index is 14.9. The summed E-state index contributed by atoms with van der Waals surface area (Å²) in [5.74, 6) is -2.51. The van der Waals surface area contributed by atoms with Gasteiger partial charge in [-0.15, -0.1) is 0 Å². The lowest BCUT2D eigenvalue weighted by atomic mass is 9.90. The number of halogens is 4. The topological polar surface area (TPSA) is 71.1 Å². The number of methoxy groups -OCH3 is 1. The summed E-state index contributed by atoms with van der Waals surface area (Å²) in [5, 5.41) is 0. The smallest absolute Gasteiger partial charge is 0.416 e. The van der Waals surface area contributed by atoms with Crippen LogP contribution in [0.3, 0.4) is 0 Å². The number of ether oxygens (including phenoxy) is 4. The van der Waals surface area contributed by atoms with Gasteiger partial charge < -0.3 is 18.9 Å². The molecule has 6 nitrogen and oxygen atoms in total. The highest BCUT2D eigenvalue weighted by molar-refractivity contribution is 5.91. The van der Waals surface area contributed by atoms with Crippen LogP contribution in [0.5, 0.6) is 5.75 Å². The van der Waals surface area contributed by atoms with E-state index >= 15 is 0 Å². The molecule has 0 bridgehead atoms. The maximum absolute atomic E-state index is 14.9. The van der Waals surface area contributed by atoms with E-state index < -0.39 is 60.5 Å². The minimum Gasteiger partial charge on any atom is -0.485 e. The first kappa shape index (κ1) is 26.2. The number of carbonyl (C=O) groups excluding carboxylic acids is 2. The Balaban J connectivity index is 1.62. The number of carbonyl (C=O) groups is 2. The van der Waals surface area contributed by atoms with Crippen LogP contribution in [0.15, 0.2) is 36.4 Å². The number of hydrogen-bond acceptors (Lipinski definition) is 6. The van der Waals surface area contributed by atoms with E-state index in [1.165, 1.54) is 25.3 Å². The van der Waals surface area contributed by atoms with Crippen LogP contribution in [-0.2, 0) is 30.0 Å². The quantitative estimate of drug-likeness (QED) is 0.286. The van der Waals surface area contributed by atoms with Gasteiger partial charge in [0.25, 0.3) is 0 Å². The van der Waals surface area contributed by atoms with Gasteiger partial charge in [0, 0.05) is 24.9 Å². The van der Waals surface area contributed by atoms with Gasteiger partial charge in [-0.1, -0.05) is 12.1 Å². The third-order valence-electron chi connectivity index (χ3n) is 5.99. The van der Waals surface area contributed by atoms with E-state index in [2.05, 4.69) is 0 Å².